The number of hydrogen-bond acceptors (Lipinski definition) is 2. The Morgan fingerprint density at radius 1 is 1.41 bits per heavy atom. The van der Waals surface area contributed by atoms with Gasteiger partial charge in [-0.25, -0.2) is 4.79 Å². The van der Waals surface area contributed by atoms with Gasteiger partial charge in [0.2, 0.25) is 0 Å². The Labute approximate surface area is 101 Å². The number of carboxylic acids is 1. The molecule has 1 saturated carbocycles. The molecule has 2 atom stereocenters. The molecule has 1 aliphatic heterocycles. The van der Waals surface area contributed by atoms with E-state index in [0.29, 0.717) is 11.6 Å². The zero-order valence-electron chi connectivity index (χ0n) is 10.0. The molecular formula is C14H17NO2. The van der Waals surface area contributed by atoms with Crippen molar-refractivity contribution >= 4 is 11.7 Å². The predicted molar refractivity (Wildman–Crippen MR) is 66.6 cm³/mol. The fraction of sp³-hybridized carbons (Fsp3) is 0.500. The van der Waals surface area contributed by atoms with Crippen LogP contribution in [0.4, 0.5) is 5.69 Å². The third-order valence-electron chi connectivity index (χ3n) is 4.18. The number of carbonyl (C=O) groups is 1. The molecule has 1 aromatic carbocycles. The Hall–Kier alpha value is -1.51. The molecule has 3 rings (SSSR count). The average Bonchev–Trinajstić information content (AvgIpc) is 2.89. The molecule has 2 bridgehead atoms. The number of hydrogen-bond donors (Lipinski definition) is 1. The minimum Gasteiger partial charge on any atom is -0.478 e. The van der Waals surface area contributed by atoms with Crippen LogP contribution in [0.25, 0.3) is 0 Å². The fourth-order valence-corrected chi connectivity index (χ4v) is 3.31. The number of rotatable bonds is 2. The number of aromatic carboxylic acids is 1. The Morgan fingerprint density at radius 2 is 2.24 bits per heavy atom. The zero-order valence-corrected chi connectivity index (χ0v) is 10.0. The molecule has 1 aliphatic carbocycles. The Kier molecular flexibility index (Phi) is 2.35. The Morgan fingerprint density at radius 3 is 2.76 bits per heavy atom. The summed E-state index contributed by atoms with van der Waals surface area (Å²) >= 11 is 0. The lowest BCUT2D eigenvalue weighted by molar-refractivity contribution is 0.0696. The fourth-order valence-electron chi connectivity index (χ4n) is 3.31. The summed E-state index contributed by atoms with van der Waals surface area (Å²) < 4.78 is 0. The van der Waals surface area contributed by atoms with Gasteiger partial charge in [-0.1, -0.05) is 0 Å². The van der Waals surface area contributed by atoms with Crippen molar-refractivity contribution in [1.82, 2.24) is 0 Å². The summed E-state index contributed by atoms with van der Waals surface area (Å²) in [5, 5.41) is 9.01. The van der Waals surface area contributed by atoms with Gasteiger partial charge < -0.3 is 10.0 Å². The maximum Gasteiger partial charge on any atom is 0.335 e. The molecule has 3 nitrogen and oxygen atoms in total. The van der Waals surface area contributed by atoms with Crippen LogP contribution in [0.2, 0.25) is 0 Å². The van der Waals surface area contributed by atoms with Gasteiger partial charge in [-0.2, -0.15) is 0 Å². The summed E-state index contributed by atoms with van der Waals surface area (Å²) in [5.41, 5.74) is 2.47. The van der Waals surface area contributed by atoms with Crippen LogP contribution in [0.3, 0.4) is 0 Å². The van der Waals surface area contributed by atoms with Crippen LogP contribution in [0.5, 0.6) is 0 Å². The zero-order chi connectivity index (χ0) is 12.0. The van der Waals surface area contributed by atoms with Crippen molar-refractivity contribution in [3.8, 4) is 0 Å². The molecule has 90 valence electrons. The lowest BCUT2D eigenvalue weighted by Gasteiger charge is -2.29. The lowest BCUT2D eigenvalue weighted by atomic mass is 10.1. The number of nitrogens with zero attached hydrogens (tertiary/aromatic N) is 1. The highest BCUT2D eigenvalue weighted by Crippen LogP contribution is 2.40. The van der Waals surface area contributed by atoms with E-state index >= 15 is 0 Å². The lowest BCUT2D eigenvalue weighted by Crippen LogP contribution is -2.31. The molecule has 1 aromatic rings. The van der Waals surface area contributed by atoms with Gasteiger partial charge in [0.05, 0.1) is 5.56 Å². The average molecular weight is 231 g/mol. The Balaban J connectivity index is 1.89. The molecule has 0 radical (unpaired) electrons. The third kappa shape index (κ3) is 1.70. The summed E-state index contributed by atoms with van der Waals surface area (Å²) in [7, 11) is 0. The van der Waals surface area contributed by atoms with Crippen LogP contribution in [0, 0.1) is 12.8 Å². The van der Waals surface area contributed by atoms with E-state index in [1.54, 1.807) is 6.07 Å². The smallest absolute Gasteiger partial charge is 0.335 e. The molecule has 0 amide bonds. The van der Waals surface area contributed by atoms with Crippen molar-refractivity contribution in [3.05, 3.63) is 29.3 Å². The summed E-state index contributed by atoms with van der Waals surface area (Å²) in [4.78, 5) is 13.4. The summed E-state index contributed by atoms with van der Waals surface area (Å²) in [6, 6.07) is 6.40. The van der Waals surface area contributed by atoms with E-state index in [-0.39, 0.29) is 0 Å². The van der Waals surface area contributed by atoms with E-state index in [0.717, 1.165) is 18.0 Å². The van der Waals surface area contributed by atoms with Crippen molar-refractivity contribution in [1.29, 1.82) is 0 Å². The van der Waals surface area contributed by atoms with E-state index in [1.165, 1.54) is 24.9 Å². The number of carboxylic acid groups (broad SMARTS) is 1. The number of benzene rings is 1. The second-order valence-corrected chi connectivity index (χ2v) is 5.29. The topological polar surface area (TPSA) is 40.5 Å². The second kappa shape index (κ2) is 3.76. The van der Waals surface area contributed by atoms with E-state index < -0.39 is 5.97 Å². The quantitative estimate of drug-likeness (QED) is 0.850. The molecule has 3 heteroatoms. The first kappa shape index (κ1) is 10.6. The Bertz CT molecular complexity index is 469. The van der Waals surface area contributed by atoms with Gasteiger partial charge in [0.1, 0.15) is 0 Å². The van der Waals surface area contributed by atoms with Gasteiger partial charge in [0.25, 0.3) is 0 Å². The SMILES string of the molecule is Cc1cc(N2CC3CCC2C3)ccc1C(=O)O. The monoisotopic (exact) mass is 231 g/mol. The molecule has 2 aliphatic rings. The highest BCUT2D eigenvalue weighted by molar-refractivity contribution is 5.89. The molecular weight excluding hydrogens is 214 g/mol. The standard InChI is InChI=1S/C14H17NO2/c1-9-6-11(4-5-13(9)14(16)17)15-8-10-2-3-12(15)7-10/h4-6,10,12H,2-3,7-8H2,1H3,(H,16,17). The van der Waals surface area contributed by atoms with Crippen LogP contribution >= 0.6 is 0 Å². The van der Waals surface area contributed by atoms with Gasteiger partial charge in [0.15, 0.2) is 0 Å². The highest BCUT2D eigenvalue weighted by atomic mass is 16.4. The van der Waals surface area contributed by atoms with Gasteiger partial charge in [-0.05, 0) is 55.9 Å². The van der Waals surface area contributed by atoms with E-state index in [4.69, 9.17) is 5.11 Å². The molecule has 0 aromatic heterocycles. The van der Waals surface area contributed by atoms with Gasteiger partial charge >= 0.3 is 5.97 Å². The van der Waals surface area contributed by atoms with E-state index in [1.807, 2.05) is 19.1 Å². The number of fused-ring (bicyclic) bond motifs is 2. The number of piperidine rings is 1. The van der Waals surface area contributed by atoms with Crippen LogP contribution in [-0.4, -0.2) is 23.7 Å². The molecule has 2 fully saturated rings. The first-order chi connectivity index (χ1) is 8.15. The van der Waals surface area contributed by atoms with Crippen LogP contribution in [0.1, 0.15) is 35.2 Å². The second-order valence-electron chi connectivity index (χ2n) is 5.29. The molecule has 1 heterocycles. The van der Waals surface area contributed by atoms with Crippen molar-refractivity contribution < 1.29 is 9.90 Å². The highest BCUT2D eigenvalue weighted by Gasteiger charge is 2.37. The van der Waals surface area contributed by atoms with E-state index in [2.05, 4.69) is 4.90 Å². The van der Waals surface area contributed by atoms with Crippen molar-refractivity contribution in [2.24, 2.45) is 5.92 Å². The first-order valence-corrected chi connectivity index (χ1v) is 6.26. The van der Waals surface area contributed by atoms with Gasteiger partial charge in [-0.3, -0.25) is 0 Å². The maximum atomic E-state index is 11.0. The maximum absolute atomic E-state index is 11.0. The minimum atomic E-state index is -0.836. The van der Waals surface area contributed by atoms with Gasteiger partial charge in [0, 0.05) is 18.3 Å². The normalized spacial score (nSPS) is 26.5. The number of anilines is 1. The van der Waals surface area contributed by atoms with Crippen molar-refractivity contribution in [3.63, 3.8) is 0 Å². The largest absolute Gasteiger partial charge is 0.478 e. The molecule has 2 unspecified atom stereocenters. The minimum absolute atomic E-state index is 0.415. The van der Waals surface area contributed by atoms with Gasteiger partial charge in [-0.15, -0.1) is 0 Å². The summed E-state index contributed by atoms with van der Waals surface area (Å²) in [6.07, 6.45) is 3.98. The molecule has 0 spiro atoms. The third-order valence-corrected chi connectivity index (χ3v) is 4.18. The van der Waals surface area contributed by atoms with Crippen LogP contribution in [-0.2, 0) is 0 Å². The molecule has 17 heavy (non-hydrogen) atoms. The predicted octanol–water partition coefficient (Wildman–Crippen LogP) is 2.68. The molecule has 1 saturated heterocycles. The number of aryl methyl sites for hydroxylation is 1. The summed E-state index contributed by atoms with van der Waals surface area (Å²) in [5.74, 6) is 0.0245. The molecule has 1 N–H and O–H groups in total. The van der Waals surface area contributed by atoms with Crippen LogP contribution < -0.4 is 4.90 Å². The summed E-state index contributed by atoms with van der Waals surface area (Å²) in [6.45, 7) is 3.03. The van der Waals surface area contributed by atoms with Crippen molar-refractivity contribution in [2.45, 2.75) is 32.2 Å². The van der Waals surface area contributed by atoms with Crippen molar-refractivity contribution in [2.75, 3.05) is 11.4 Å². The van der Waals surface area contributed by atoms with Crippen LogP contribution in [0.15, 0.2) is 18.2 Å². The van der Waals surface area contributed by atoms with E-state index in [9.17, 15) is 4.79 Å². The first-order valence-electron chi connectivity index (χ1n) is 6.26.